The number of aromatic nitrogens is 2. The first-order chi connectivity index (χ1) is 21.2. The SMILES string of the molecule is COc1cc(C)c(-c2nc3ccccc3c(=O)n2N=Cc2cc(Cl)c(OCc3ccc4c(c3)OCO4)c(Br)c2)cc1C(C)C. The van der Waals surface area contributed by atoms with Gasteiger partial charge >= 0.3 is 0 Å². The minimum absolute atomic E-state index is 0.193. The van der Waals surface area contributed by atoms with E-state index in [0.29, 0.717) is 49.0 Å². The summed E-state index contributed by atoms with van der Waals surface area (Å²) >= 11 is 10.2. The highest BCUT2D eigenvalue weighted by atomic mass is 79.9. The summed E-state index contributed by atoms with van der Waals surface area (Å²) in [5, 5.41) is 5.49. The van der Waals surface area contributed by atoms with Crippen LogP contribution >= 0.6 is 27.5 Å². The minimum atomic E-state index is -0.281. The second-order valence-corrected chi connectivity index (χ2v) is 11.9. The Bertz CT molecular complexity index is 1970. The van der Waals surface area contributed by atoms with E-state index in [0.717, 1.165) is 28.0 Å². The normalized spacial score (nSPS) is 12.4. The van der Waals surface area contributed by atoms with Gasteiger partial charge in [-0.2, -0.15) is 9.78 Å². The Morgan fingerprint density at radius 3 is 2.66 bits per heavy atom. The Balaban J connectivity index is 1.36. The van der Waals surface area contributed by atoms with Gasteiger partial charge < -0.3 is 18.9 Å². The van der Waals surface area contributed by atoms with Crippen molar-refractivity contribution in [2.24, 2.45) is 5.10 Å². The van der Waals surface area contributed by atoms with Crippen LogP contribution in [-0.2, 0) is 6.61 Å². The van der Waals surface area contributed by atoms with E-state index in [-0.39, 0.29) is 24.9 Å². The van der Waals surface area contributed by atoms with E-state index in [2.05, 4.69) is 34.9 Å². The molecule has 10 heteroatoms. The Labute approximate surface area is 267 Å². The van der Waals surface area contributed by atoms with Crippen molar-refractivity contribution in [1.29, 1.82) is 0 Å². The lowest BCUT2D eigenvalue weighted by molar-refractivity contribution is 0.174. The zero-order valence-electron chi connectivity index (χ0n) is 24.6. The molecule has 0 radical (unpaired) electrons. The van der Waals surface area contributed by atoms with Crippen LogP contribution in [0.3, 0.4) is 0 Å². The minimum Gasteiger partial charge on any atom is -0.496 e. The maximum atomic E-state index is 13.8. The lowest BCUT2D eigenvalue weighted by atomic mass is 9.96. The van der Waals surface area contributed by atoms with Gasteiger partial charge in [-0.15, -0.1) is 0 Å². The average Bonchev–Trinajstić information content (AvgIpc) is 3.48. The van der Waals surface area contributed by atoms with Crippen LogP contribution in [0.15, 0.2) is 81.1 Å². The van der Waals surface area contributed by atoms with Crippen molar-refractivity contribution in [1.82, 2.24) is 9.66 Å². The van der Waals surface area contributed by atoms with Crippen LogP contribution in [0.5, 0.6) is 23.0 Å². The fraction of sp³-hybridized carbons (Fsp3) is 0.206. The molecule has 1 aliphatic rings. The molecule has 8 nitrogen and oxygen atoms in total. The van der Waals surface area contributed by atoms with Crippen LogP contribution < -0.4 is 24.5 Å². The third-order valence-corrected chi connectivity index (χ3v) is 8.23. The summed E-state index contributed by atoms with van der Waals surface area (Å²) < 4.78 is 24.5. The number of hydrogen-bond donors (Lipinski definition) is 0. The summed E-state index contributed by atoms with van der Waals surface area (Å²) in [6, 6.07) is 20.5. The van der Waals surface area contributed by atoms with Crippen molar-refractivity contribution in [3.63, 3.8) is 0 Å². The van der Waals surface area contributed by atoms with E-state index in [9.17, 15) is 4.79 Å². The van der Waals surface area contributed by atoms with Crippen molar-refractivity contribution in [2.75, 3.05) is 13.9 Å². The molecule has 4 aromatic carbocycles. The molecule has 0 amide bonds. The molecule has 0 saturated carbocycles. The summed E-state index contributed by atoms with van der Waals surface area (Å²) in [4.78, 5) is 18.7. The number of fused-ring (bicyclic) bond motifs is 2. The second-order valence-electron chi connectivity index (χ2n) is 10.7. The molecule has 224 valence electrons. The number of benzene rings is 4. The molecule has 0 saturated heterocycles. The predicted molar refractivity (Wildman–Crippen MR) is 176 cm³/mol. The van der Waals surface area contributed by atoms with Gasteiger partial charge in [0.2, 0.25) is 6.79 Å². The van der Waals surface area contributed by atoms with Crippen LogP contribution in [0.1, 0.15) is 42.0 Å². The van der Waals surface area contributed by atoms with Gasteiger partial charge in [0.15, 0.2) is 23.1 Å². The van der Waals surface area contributed by atoms with E-state index < -0.39 is 0 Å². The third kappa shape index (κ3) is 5.77. The molecule has 6 rings (SSSR count). The lowest BCUT2D eigenvalue weighted by Crippen LogP contribution is -2.20. The molecule has 0 N–H and O–H groups in total. The summed E-state index contributed by atoms with van der Waals surface area (Å²) in [6.45, 7) is 6.65. The molecule has 0 aliphatic carbocycles. The van der Waals surface area contributed by atoms with Crippen molar-refractivity contribution in [3.05, 3.63) is 109 Å². The molecular weight excluding hydrogens is 646 g/mol. The average molecular weight is 675 g/mol. The van der Waals surface area contributed by atoms with E-state index in [1.807, 2.05) is 61.5 Å². The zero-order chi connectivity index (χ0) is 31.0. The topological polar surface area (TPSA) is 84.2 Å². The van der Waals surface area contributed by atoms with Gasteiger partial charge in [0.1, 0.15) is 12.4 Å². The van der Waals surface area contributed by atoms with E-state index >= 15 is 0 Å². The predicted octanol–water partition coefficient (Wildman–Crippen LogP) is 8.11. The van der Waals surface area contributed by atoms with Gasteiger partial charge in [0.25, 0.3) is 5.56 Å². The van der Waals surface area contributed by atoms with Crippen molar-refractivity contribution >= 4 is 44.6 Å². The summed E-state index contributed by atoms with van der Waals surface area (Å²) in [5.41, 5.74) is 4.60. The van der Waals surface area contributed by atoms with E-state index in [4.69, 9.17) is 35.5 Å². The standard InChI is InChI=1S/C34H29BrClN3O5/c1-19(2)24-15-25(20(3)11-30(24)41-4)33-38-28-8-6-5-7-23(28)34(40)39(33)37-16-22-12-26(35)32(27(36)13-22)42-17-21-9-10-29-31(14-21)44-18-43-29/h5-16,19H,17-18H2,1-4H3. The molecule has 44 heavy (non-hydrogen) atoms. The van der Waals surface area contributed by atoms with Crippen LogP contribution in [0.25, 0.3) is 22.3 Å². The third-order valence-electron chi connectivity index (χ3n) is 7.36. The first-order valence-corrected chi connectivity index (χ1v) is 15.2. The smallest absolute Gasteiger partial charge is 0.282 e. The van der Waals surface area contributed by atoms with E-state index in [1.165, 1.54) is 4.68 Å². The summed E-state index contributed by atoms with van der Waals surface area (Å²) in [7, 11) is 1.66. The van der Waals surface area contributed by atoms with Crippen LogP contribution in [0, 0.1) is 6.92 Å². The molecule has 0 spiro atoms. The summed E-state index contributed by atoms with van der Waals surface area (Å²) in [5.74, 6) is 3.30. The highest BCUT2D eigenvalue weighted by Crippen LogP contribution is 2.37. The van der Waals surface area contributed by atoms with Crippen LogP contribution in [-0.4, -0.2) is 29.8 Å². The Hall–Kier alpha value is -4.34. The number of para-hydroxylation sites is 1. The molecule has 0 bridgehead atoms. The van der Waals surface area contributed by atoms with Gasteiger partial charge in [0, 0.05) is 5.56 Å². The fourth-order valence-corrected chi connectivity index (χ4v) is 6.06. The Kier molecular flexibility index (Phi) is 8.33. The molecule has 0 atom stereocenters. The zero-order valence-corrected chi connectivity index (χ0v) is 26.9. The van der Waals surface area contributed by atoms with Gasteiger partial charge in [-0.25, -0.2) is 4.98 Å². The molecule has 1 aliphatic heterocycles. The number of aryl methyl sites for hydroxylation is 1. The largest absolute Gasteiger partial charge is 0.496 e. The highest BCUT2D eigenvalue weighted by molar-refractivity contribution is 9.10. The number of halogens is 2. The maximum absolute atomic E-state index is 13.8. The molecule has 0 unspecified atom stereocenters. The molecule has 1 aromatic heterocycles. The number of ether oxygens (including phenoxy) is 4. The Morgan fingerprint density at radius 2 is 1.89 bits per heavy atom. The molecule has 5 aromatic rings. The van der Waals surface area contributed by atoms with Gasteiger partial charge in [-0.3, -0.25) is 4.79 Å². The molecule has 0 fully saturated rings. The number of nitrogens with zero attached hydrogens (tertiary/aromatic N) is 3. The first-order valence-electron chi connectivity index (χ1n) is 14.0. The van der Waals surface area contributed by atoms with Crippen LogP contribution in [0.4, 0.5) is 0 Å². The van der Waals surface area contributed by atoms with Crippen molar-refractivity contribution in [2.45, 2.75) is 33.3 Å². The van der Waals surface area contributed by atoms with Gasteiger partial charge in [-0.1, -0.05) is 43.6 Å². The van der Waals surface area contributed by atoms with Crippen molar-refractivity contribution < 1.29 is 18.9 Å². The van der Waals surface area contributed by atoms with E-state index in [1.54, 1.807) is 25.5 Å². The second kappa shape index (κ2) is 12.3. The quantitative estimate of drug-likeness (QED) is 0.155. The molecular formula is C34H29BrClN3O5. The number of methoxy groups -OCH3 is 1. The lowest BCUT2D eigenvalue weighted by Gasteiger charge is -2.17. The van der Waals surface area contributed by atoms with Crippen LogP contribution in [0.2, 0.25) is 5.02 Å². The van der Waals surface area contributed by atoms with Crippen molar-refractivity contribution in [3.8, 4) is 34.4 Å². The Morgan fingerprint density at radius 1 is 1.09 bits per heavy atom. The number of hydrogen-bond acceptors (Lipinski definition) is 7. The molecule has 2 heterocycles. The highest BCUT2D eigenvalue weighted by Gasteiger charge is 2.19. The van der Waals surface area contributed by atoms with Gasteiger partial charge in [-0.05, 0) is 99.6 Å². The fourth-order valence-electron chi connectivity index (χ4n) is 5.07. The maximum Gasteiger partial charge on any atom is 0.282 e. The summed E-state index contributed by atoms with van der Waals surface area (Å²) in [6.07, 6.45) is 1.59. The first kappa shape index (κ1) is 29.7. The number of rotatable bonds is 8. The van der Waals surface area contributed by atoms with Gasteiger partial charge in [0.05, 0.1) is 33.7 Å². The monoisotopic (exact) mass is 673 g/mol.